The van der Waals surface area contributed by atoms with Gasteiger partial charge in [0, 0.05) is 17.1 Å². The van der Waals surface area contributed by atoms with Crippen LogP contribution in [0.5, 0.6) is 0 Å². The highest BCUT2D eigenvalue weighted by Gasteiger charge is 2.50. The first-order valence-corrected chi connectivity index (χ1v) is 8.14. The van der Waals surface area contributed by atoms with E-state index in [1.807, 2.05) is 6.07 Å². The molecule has 2 heterocycles. The van der Waals surface area contributed by atoms with E-state index in [0.29, 0.717) is 22.7 Å². The van der Waals surface area contributed by atoms with E-state index in [4.69, 9.17) is 11.6 Å². The third-order valence-electron chi connectivity index (χ3n) is 4.59. The molecule has 1 saturated heterocycles. The van der Waals surface area contributed by atoms with Gasteiger partial charge in [-0.1, -0.05) is 48.0 Å². The van der Waals surface area contributed by atoms with Crippen LogP contribution in [-0.4, -0.2) is 29.3 Å². The number of carbonyl (C=O) groups is 3. The zero-order valence-electron chi connectivity index (χ0n) is 13.1. The fourth-order valence-electron chi connectivity index (χ4n) is 3.37. The fourth-order valence-corrected chi connectivity index (χ4v) is 3.54. The predicted octanol–water partition coefficient (Wildman–Crippen LogP) is 2.03. The molecular formula is C18H14ClN3O3. The molecule has 25 heavy (non-hydrogen) atoms. The van der Waals surface area contributed by atoms with Crippen LogP contribution in [0.15, 0.2) is 48.5 Å². The maximum absolute atomic E-state index is 12.7. The van der Waals surface area contributed by atoms with E-state index in [-0.39, 0.29) is 12.5 Å². The summed E-state index contributed by atoms with van der Waals surface area (Å²) in [5.74, 6) is -0.674. The van der Waals surface area contributed by atoms with Gasteiger partial charge in [0.2, 0.25) is 0 Å². The molecular weight excluding hydrogens is 342 g/mol. The summed E-state index contributed by atoms with van der Waals surface area (Å²) in [6.07, 6.45) is 0. The number of hydrogen-bond acceptors (Lipinski definition) is 3. The molecule has 1 atom stereocenters. The Balaban J connectivity index is 1.71. The lowest BCUT2D eigenvalue weighted by atomic mass is 9.89. The number of fused-ring (bicyclic) bond motifs is 1. The van der Waals surface area contributed by atoms with E-state index in [2.05, 4.69) is 10.6 Å². The molecule has 126 valence electrons. The Bertz CT molecular complexity index is 900. The standard InChI is InChI=1S/C18H14ClN3O3/c19-13-7-6-11-9-22(15(23)14(11)8-13)10-18(12-4-2-1-3-5-12)16(24)20-17(25)21-18/h1-8H,9-10H2,(H2,20,21,24,25)/t18-/m1/s1. The summed E-state index contributed by atoms with van der Waals surface area (Å²) in [5.41, 5.74) is 0.697. The third kappa shape index (κ3) is 2.46. The molecule has 2 aliphatic rings. The van der Waals surface area contributed by atoms with Gasteiger partial charge < -0.3 is 10.2 Å². The monoisotopic (exact) mass is 355 g/mol. The zero-order chi connectivity index (χ0) is 17.6. The number of urea groups is 1. The Morgan fingerprint density at radius 3 is 2.52 bits per heavy atom. The second-order valence-corrected chi connectivity index (χ2v) is 6.58. The molecule has 4 amide bonds. The molecule has 2 N–H and O–H groups in total. The van der Waals surface area contributed by atoms with Crippen molar-refractivity contribution in [3.05, 3.63) is 70.2 Å². The molecule has 4 rings (SSSR count). The molecule has 0 bridgehead atoms. The van der Waals surface area contributed by atoms with E-state index < -0.39 is 17.5 Å². The molecule has 0 saturated carbocycles. The molecule has 0 aromatic heterocycles. The van der Waals surface area contributed by atoms with Gasteiger partial charge in [-0.3, -0.25) is 14.9 Å². The first-order valence-electron chi connectivity index (χ1n) is 7.76. The SMILES string of the molecule is O=C1NC(=O)[C@@](CN2Cc3ccc(Cl)cc3C2=O)(c2ccccc2)N1. The maximum Gasteiger partial charge on any atom is 0.322 e. The Labute approximate surface area is 148 Å². The van der Waals surface area contributed by atoms with Crippen LogP contribution in [0.4, 0.5) is 4.79 Å². The fraction of sp³-hybridized carbons (Fsp3) is 0.167. The maximum atomic E-state index is 12.7. The van der Waals surface area contributed by atoms with Crippen LogP contribution in [0.25, 0.3) is 0 Å². The molecule has 7 heteroatoms. The van der Waals surface area contributed by atoms with Gasteiger partial charge in [-0.2, -0.15) is 0 Å². The van der Waals surface area contributed by atoms with Gasteiger partial charge in [-0.25, -0.2) is 4.79 Å². The van der Waals surface area contributed by atoms with Gasteiger partial charge in [0.15, 0.2) is 5.54 Å². The van der Waals surface area contributed by atoms with Crippen molar-refractivity contribution in [2.24, 2.45) is 0 Å². The van der Waals surface area contributed by atoms with Crippen LogP contribution in [0.2, 0.25) is 5.02 Å². The predicted molar refractivity (Wildman–Crippen MR) is 91.0 cm³/mol. The van der Waals surface area contributed by atoms with Crippen molar-refractivity contribution >= 4 is 29.4 Å². The second kappa shape index (κ2) is 5.60. The molecule has 6 nitrogen and oxygen atoms in total. The zero-order valence-corrected chi connectivity index (χ0v) is 13.8. The Morgan fingerprint density at radius 1 is 1.08 bits per heavy atom. The number of halogens is 1. The van der Waals surface area contributed by atoms with Crippen LogP contribution in [0.1, 0.15) is 21.5 Å². The van der Waals surface area contributed by atoms with E-state index in [1.54, 1.807) is 47.4 Å². The first-order chi connectivity index (χ1) is 12.0. The van der Waals surface area contributed by atoms with Crippen LogP contribution >= 0.6 is 11.6 Å². The normalized spacial score (nSPS) is 22.0. The highest BCUT2D eigenvalue weighted by atomic mass is 35.5. The molecule has 2 aromatic rings. The van der Waals surface area contributed by atoms with Crippen LogP contribution < -0.4 is 10.6 Å². The molecule has 2 aliphatic heterocycles. The van der Waals surface area contributed by atoms with E-state index in [9.17, 15) is 14.4 Å². The van der Waals surface area contributed by atoms with Crippen molar-refractivity contribution in [1.29, 1.82) is 0 Å². The topological polar surface area (TPSA) is 78.5 Å². The molecule has 2 aromatic carbocycles. The van der Waals surface area contributed by atoms with E-state index in [1.165, 1.54) is 0 Å². The van der Waals surface area contributed by atoms with E-state index in [0.717, 1.165) is 5.56 Å². The van der Waals surface area contributed by atoms with Gasteiger partial charge in [0.05, 0.1) is 6.54 Å². The van der Waals surface area contributed by atoms with E-state index >= 15 is 0 Å². The number of hydrogen-bond donors (Lipinski definition) is 2. The summed E-state index contributed by atoms with van der Waals surface area (Å²) in [6, 6.07) is 13.5. The lowest BCUT2D eigenvalue weighted by Gasteiger charge is -2.31. The quantitative estimate of drug-likeness (QED) is 0.827. The van der Waals surface area contributed by atoms with Gasteiger partial charge in [-0.05, 0) is 23.3 Å². The highest BCUT2D eigenvalue weighted by molar-refractivity contribution is 6.31. The number of benzene rings is 2. The summed E-state index contributed by atoms with van der Waals surface area (Å²) in [6.45, 7) is 0.406. The summed E-state index contributed by atoms with van der Waals surface area (Å²) < 4.78 is 0. The Morgan fingerprint density at radius 2 is 1.84 bits per heavy atom. The minimum atomic E-state index is -1.31. The van der Waals surface area contributed by atoms with Gasteiger partial charge in [-0.15, -0.1) is 0 Å². The Hall–Kier alpha value is -2.86. The average Bonchev–Trinajstić information content (AvgIpc) is 3.06. The molecule has 1 fully saturated rings. The molecule has 0 unspecified atom stereocenters. The molecule has 0 spiro atoms. The van der Waals surface area contributed by atoms with Crippen molar-refractivity contribution in [2.75, 3.05) is 6.54 Å². The van der Waals surface area contributed by atoms with Crippen LogP contribution in [-0.2, 0) is 16.9 Å². The lowest BCUT2D eigenvalue weighted by Crippen LogP contribution is -2.52. The first kappa shape index (κ1) is 15.7. The average molecular weight is 356 g/mol. The van der Waals surface area contributed by atoms with Crippen molar-refractivity contribution in [3.63, 3.8) is 0 Å². The Kier molecular flexibility index (Phi) is 3.51. The number of carbonyl (C=O) groups excluding carboxylic acids is 3. The smallest absolute Gasteiger partial charge is 0.322 e. The molecule has 0 aliphatic carbocycles. The molecule has 0 radical (unpaired) electrons. The number of nitrogens with zero attached hydrogens (tertiary/aromatic N) is 1. The van der Waals surface area contributed by atoms with Crippen LogP contribution in [0, 0.1) is 0 Å². The number of nitrogens with one attached hydrogen (secondary N) is 2. The summed E-state index contributed by atoms with van der Waals surface area (Å²) in [7, 11) is 0. The van der Waals surface area contributed by atoms with Crippen molar-refractivity contribution < 1.29 is 14.4 Å². The summed E-state index contributed by atoms with van der Waals surface area (Å²) >= 11 is 5.98. The van der Waals surface area contributed by atoms with Crippen LogP contribution in [0.3, 0.4) is 0 Å². The lowest BCUT2D eigenvalue weighted by molar-refractivity contribution is -0.124. The minimum absolute atomic E-state index is 0.0414. The number of imide groups is 1. The summed E-state index contributed by atoms with van der Waals surface area (Å²) in [5, 5.41) is 5.46. The largest absolute Gasteiger partial charge is 0.331 e. The highest BCUT2D eigenvalue weighted by Crippen LogP contribution is 2.31. The van der Waals surface area contributed by atoms with Gasteiger partial charge >= 0.3 is 6.03 Å². The minimum Gasteiger partial charge on any atom is -0.331 e. The van der Waals surface area contributed by atoms with Gasteiger partial charge in [0.1, 0.15) is 0 Å². The summed E-state index contributed by atoms with van der Waals surface area (Å²) in [4.78, 5) is 38.6. The number of rotatable bonds is 3. The third-order valence-corrected chi connectivity index (χ3v) is 4.82. The van der Waals surface area contributed by atoms with Crippen molar-refractivity contribution in [3.8, 4) is 0 Å². The second-order valence-electron chi connectivity index (χ2n) is 6.14. The van der Waals surface area contributed by atoms with Gasteiger partial charge in [0.25, 0.3) is 11.8 Å². The van der Waals surface area contributed by atoms with Crippen molar-refractivity contribution in [1.82, 2.24) is 15.5 Å². The number of amides is 4. The van der Waals surface area contributed by atoms with Crippen molar-refractivity contribution in [2.45, 2.75) is 12.1 Å².